The van der Waals surface area contributed by atoms with Gasteiger partial charge in [-0.25, -0.2) is 0 Å². The third-order valence-corrected chi connectivity index (χ3v) is 1.67. The van der Waals surface area contributed by atoms with Gasteiger partial charge in [-0.05, 0) is 17.7 Å². The van der Waals surface area contributed by atoms with Crippen LogP contribution in [0.3, 0.4) is 0 Å². The van der Waals surface area contributed by atoms with Gasteiger partial charge < -0.3 is 16.5 Å². The van der Waals surface area contributed by atoms with Gasteiger partial charge in [0.15, 0.2) is 0 Å². The van der Waals surface area contributed by atoms with E-state index in [0.717, 1.165) is 11.3 Å². The molecule has 0 spiro atoms. The number of anilines is 1. The van der Waals surface area contributed by atoms with E-state index < -0.39 is 0 Å². The van der Waals surface area contributed by atoms with Crippen molar-refractivity contribution >= 4 is 11.9 Å². The maximum atomic E-state index is 6.79. The van der Waals surface area contributed by atoms with Gasteiger partial charge in [-0.3, -0.25) is 0 Å². The molecule has 0 radical (unpaired) electrons. The molecule has 0 amide bonds. The van der Waals surface area contributed by atoms with Gasteiger partial charge >= 0.3 is 0 Å². The fourth-order valence-corrected chi connectivity index (χ4v) is 1.03. The minimum atomic E-state index is 0.515. The molecule has 0 aliphatic heterocycles. The quantitative estimate of drug-likeness (QED) is 0.610. The molecule has 0 saturated carbocycles. The smallest absolute Gasteiger partial charge is 0.0425 e. The predicted octanol–water partition coefficient (Wildman–Crippen LogP) is 1.72. The highest BCUT2D eigenvalue weighted by molar-refractivity contribution is 5.68. The maximum Gasteiger partial charge on any atom is 0.0425 e. The number of nitrogens with one attached hydrogen (secondary N) is 2. The summed E-state index contributed by atoms with van der Waals surface area (Å²) in [6, 6.07) is 7.82. The SMILES string of the molecule is N=C/C=C\Nc1ccccc1CN. The highest BCUT2D eigenvalue weighted by atomic mass is 14.8. The summed E-state index contributed by atoms with van der Waals surface area (Å²) in [5, 5.41) is 9.84. The lowest BCUT2D eigenvalue weighted by Gasteiger charge is -2.05. The van der Waals surface area contributed by atoms with Gasteiger partial charge in [0.25, 0.3) is 0 Å². The number of benzene rings is 1. The predicted molar refractivity (Wildman–Crippen MR) is 55.9 cm³/mol. The second-order valence-corrected chi connectivity index (χ2v) is 2.53. The zero-order chi connectivity index (χ0) is 9.52. The van der Waals surface area contributed by atoms with Crippen LogP contribution in [-0.4, -0.2) is 6.21 Å². The van der Waals surface area contributed by atoms with E-state index in [0.29, 0.717) is 6.54 Å². The largest absolute Gasteiger partial charge is 0.361 e. The topological polar surface area (TPSA) is 61.9 Å². The highest BCUT2D eigenvalue weighted by Gasteiger charge is 1.95. The summed E-state index contributed by atoms with van der Waals surface area (Å²) in [7, 11) is 0. The summed E-state index contributed by atoms with van der Waals surface area (Å²) in [5.74, 6) is 0. The van der Waals surface area contributed by atoms with Crippen molar-refractivity contribution in [3.63, 3.8) is 0 Å². The number of nitrogens with two attached hydrogens (primary N) is 1. The Morgan fingerprint density at radius 3 is 2.85 bits per heavy atom. The Labute approximate surface area is 77.8 Å². The van der Waals surface area contributed by atoms with Gasteiger partial charge in [0, 0.05) is 24.6 Å². The Balaban J connectivity index is 2.74. The Bertz CT molecular complexity index is 305. The molecule has 1 aromatic carbocycles. The van der Waals surface area contributed by atoms with Crippen LogP contribution in [0, 0.1) is 5.41 Å². The van der Waals surface area contributed by atoms with Crippen LogP contribution in [0.25, 0.3) is 0 Å². The van der Waals surface area contributed by atoms with Crippen molar-refractivity contribution in [2.75, 3.05) is 5.32 Å². The second-order valence-electron chi connectivity index (χ2n) is 2.53. The fraction of sp³-hybridized carbons (Fsp3) is 0.100. The average molecular weight is 175 g/mol. The molecule has 68 valence electrons. The number of hydrogen-bond acceptors (Lipinski definition) is 3. The van der Waals surface area contributed by atoms with Crippen molar-refractivity contribution in [2.45, 2.75) is 6.54 Å². The van der Waals surface area contributed by atoms with Crippen LogP contribution in [0.15, 0.2) is 36.5 Å². The lowest BCUT2D eigenvalue weighted by molar-refractivity contribution is 1.07. The molecule has 0 unspecified atom stereocenters. The number of hydrogen-bond donors (Lipinski definition) is 3. The Morgan fingerprint density at radius 2 is 2.15 bits per heavy atom. The molecule has 0 aromatic heterocycles. The zero-order valence-corrected chi connectivity index (χ0v) is 7.33. The standard InChI is InChI=1S/C10H13N3/c11-6-3-7-13-10-5-2-1-4-9(10)8-12/h1-7,11,13H,8,12H2/b7-3-,11-6?. The number of rotatable bonds is 4. The first-order chi connectivity index (χ1) is 6.38. The van der Waals surface area contributed by atoms with E-state index in [4.69, 9.17) is 11.1 Å². The van der Waals surface area contributed by atoms with Crippen LogP contribution in [0.5, 0.6) is 0 Å². The first-order valence-electron chi connectivity index (χ1n) is 4.08. The van der Waals surface area contributed by atoms with E-state index in [1.165, 1.54) is 6.21 Å². The molecule has 1 aromatic rings. The van der Waals surface area contributed by atoms with Crippen molar-refractivity contribution in [2.24, 2.45) is 5.73 Å². The van der Waals surface area contributed by atoms with E-state index in [1.54, 1.807) is 12.3 Å². The van der Waals surface area contributed by atoms with Crippen LogP contribution >= 0.6 is 0 Å². The van der Waals surface area contributed by atoms with Gasteiger partial charge in [0.2, 0.25) is 0 Å². The molecule has 0 saturated heterocycles. The minimum absolute atomic E-state index is 0.515. The second kappa shape index (κ2) is 5.11. The molecule has 3 heteroatoms. The van der Waals surface area contributed by atoms with Gasteiger partial charge in [0.1, 0.15) is 0 Å². The van der Waals surface area contributed by atoms with Gasteiger partial charge in [-0.15, -0.1) is 0 Å². The summed E-state index contributed by atoms with van der Waals surface area (Å²) in [5.41, 5.74) is 7.60. The van der Waals surface area contributed by atoms with Crippen molar-refractivity contribution in [1.29, 1.82) is 5.41 Å². The highest BCUT2D eigenvalue weighted by Crippen LogP contribution is 2.13. The average Bonchev–Trinajstić information content (AvgIpc) is 2.19. The molecule has 4 N–H and O–H groups in total. The van der Waals surface area contributed by atoms with E-state index in [2.05, 4.69) is 5.32 Å². The van der Waals surface area contributed by atoms with Crippen LogP contribution in [0.1, 0.15) is 5.56 Å². The number of para-hydroxylation sites is 1. The molecule has 1 rings (SSSR count). The summed E-state index contributed by atoms with van der Waals surface area (Å²) < 4.78 is 0. The van der Waals surface area contributed by atoms with Crippen molar-refractivity contribution < 1.29 is 0 Å². The molecule has 0 aliphatic carbocycles. The summed E-state index contributed by atoms with van der Waals surface area (Å²) in [6.07, 6.45) is 4.55. The van der Waals surface area contributed by atoms with Crippen LogP contribution < -0.4 is 11.1 Å². The zero-order valence-electron chi connectivity index (χ0n) is 7.33. The molecule has 0 heterocycles. The van der Waals surface area contributed by atoms with E-state index in [9.17, 15) is 0 Å². The minimum Gasteiger partial charge on any atom is -0.361 e. The molecular weight excluding hydrogens is 162 g/mol. The fourth-order valence-electron chi connectivity index (χ4n) is 1.03. The first kappa shape index (κ1) is 9.48. The first-order valence-corrected chi connectivity index (χ1v) is 4.08. The third kappa shape index (κ3) is 2.72. The van der Waals surface area contributed by atoms with Gasteiger partial charge in [-0.1, -0.05) is 18.2 Å². The van der Waals surface area contributed by atoms with E-state index in [1.807, 2.05) is 24.3 Å². The molecule has 3 nitrogen and oxygen atoms in total. The van der Waals surface area contributed by atoms with Crippen LogP contribution in [0.4, 0.5) is 5.69 Å². The molecular formula is C10H13N3. The van der Waals surface area contributed by atoms with Gasteiger partial charge in [0.05, 0.1) is 0 Å². The molecule has 0 aliphatic rings. The van der Waals surface area contributed by atoms with Crippen molar-refractivity contribution in [3.8, 4) is 0 Å². The summed E-state index contributed by atoms with van der Waals surface area (Å²) in [4.78, 5) is 0. The van der Waals surface area contributed by atoms with E-state index in [-0.39, 0.29) is 0 Å². The number of allylic oxidation sites excluding steroid dienone is 1. The normalized spacial score (nSPS) is 10.2. The van der Waals surface area contributed by atoms with Crippen LogP contribution in [-0.2, 0) is 6.54 Å². The third-order valence-electron chi connectivity index (χ3n) is 1.67. The summed E-state index contributed by atoms with van der Waals surface area (Å²) in [6.45, 7) is 0.515. The Morgan fingerprint density at radius 1 is 1.38 bits per heavy atom. The molecule has 0 atom stereocenters. The lowest BCUT2D eigenvalue weighted by atomic mass is 10.2. The Hall–Kier alpha value is -1.61. The van der Waals surface area contributed by atoms with Crippen molar-refractivity contribution in [1.82, 2.24) is 0 Å². The maximum absolute atomic E-state index is 6.79. The monoisotopic (exact) mass is 175 g/mol. The molecule has 13 heavy (non-hydrogen) atoms. The van der Waals surface area contributed by atoms with Crippen LogP contribution in [0.2, 0.25) is 0 Å². The van der Waals surface area contributed by atoms with E-state index >= 15 is 0 Å². The Kier molecular flexibility index (Phi) is 3.73. The van der Waals surface area contributed by atoms with Crippen molar-refractivity contribution in [3.05, 3.63) is 42.1 Å². The lowest BCUT2D eigenvalue weighted by Crippen LogP contribution is -2.00. The van der Waals surface area contributed by atoms with Gasteiger partial charge in [-0.2, -0.15) is 0 Å². The molecule has 0 bridgehead atoms. The molecule has 0 fully saturated rings. The summed E-state index contributed by atoms with van der Waals surface area (Å²) >= 11 is 0.